The number of halogens is 3. The minimum atomic E-state index is -4.19. The van der Waals surface area contributed by atoms with Crippen molar-refractivity contribution in [3.8, 4) is 5.75 Å². The third-order valence-corrected chi connectivity index (χ3v) is 6.97. The van der Waals surface area contributed by atoms with Crippen molar-refractivity contribution in [2.75, 3.05) is 33.3 Å². The van der Waals surface area contributed by atoms with E-state index < -0.39 is 26.6 Å². The monoisotopic (exact) mass is 474 g/mol. The Bertz CT molecular complexity index is 1010. The summed E-state index contributed by atoms with van der Waals surface area (Å²) in [6.45, 7) is 0.250. The smallest absolute Gasteiger partial charge is 0.253 e. The van der Waals surface area contributed by atoms with Gasteiger partial charge in [-0.25, -0.2) is 17.2 Å². The van der Waals surface area contributed by atoms with Crippen LogP contribution in [-0.2, 0) is 10.0 Å². The highest BCUT2D eigenvalue weighted by molar-refractivity contribution is 9.10. The molecule has 10 heteroatoms. The van der Waals surface area contributed by atoms with E-state index in [0.29, 0.717) is 21.9 Å². The van der Waals surface area contributed by atoms with E-state index in [2.05, 4.69) is 15.9 Å². The quantitative estimate of drug-likeness (QED) is 0.683. The second-order valence-corrected chi connectivity index (χ2v) is 8.88. The largest absolute Gasteiger partial charge is 0.496 e. The van der Waals surface area contributed by atoms with Crippen molar-refractivity contribution in [2.24, 2.45) is 0 Å². The fourth-order valence-electron chi connectivity index (χ4n) is 2.93. The average Bonchev–Trinajstić information content (AvgIpc) is 2.69. The number of hydrogen-bond donors (Lipinski definition) is 0. The predicted molar refractivity (Wildman–Crippen MR) is 102 cm³/mol. The Hall–Kier alpha value is -2.04. The standard InChI is InChI=1S/C18H17BrF2N2O4S/c1-27-16-5-2-12(10-14(16)19)18(24)22-6-8-23(9-7-22)28(25,26)17-11-13(20)3-4-15(17)21/h2-5,10-11H,6-9H2,1H3. The number of carbonyl (C=O) groups is 1. The highest BCUT2D eigenvalue weighted by Crippen LogP contribution is 2.27. The van der Waals surface area contributed by atoms with Gasteiger partial charge in [0, 0.05) is 31.7 Å². The summed E-state index contributed by atoms with van der Waals surface area (Å²) < 4.78 is 59.3. The van der Waals surface area contributed by atoms with Gasteiger partial charge in [0.1, 0.15) is 22.3 Å². The Balaban J connectivity index is 1.72. The molecule has 0 unspecified atom stereocenters. The lowest BCUT2D eigenvalue weighted by Crippen LogP contribution is -2.50. The van der Waals surface area contributed by atoms with Gasteiger partial charge in [-0.1, -0.05) is 0 Å². The zero-order valence-electron chi connectivity index (χ0n) is 14.9. The minimum absolute atomic E-state index is 0.0125. The summed E-state index contributed by atoms with van der Waals surface area (Å²) in [6.07, 6.45) is 0. The second-order valence-electron chi connectivity index (χ2n) is 6.12. The summed E-state index contributed by atoms with van der Waals surface area (Å²) >= 11 is 3.32. The van der Waals surface area contributed by atoms with Crippen LogP contribution < -0.4 is 4.74 Å². The van der Waals surface area contributed by atoms with Gasteiger partial charge in [0.2, 0.25) is 10.0 Å². The van der Waals surface area contributed by atoms with Crippen LogP contribution in [0.3, 0.4) is 0 Å². The van der Waals surface area contributed by atoms with Crippen LogP contribution in [0.15, 0.2) is 45.8 Å². The molecule has 1 amide bonds. The lowest BCUT2D eigenvalue weighted by Gasteiger charge is -2.34. The molecule has 0 N–H and O–H groups in total. The van der Waals surface area contributed by atoms with Crippen LogP contribution in [0, 0.1) is 11.6 Å². The minimum Gasteiger partial charge on any atom is -0.496 e. The first kappa shape index (κ1) is 20.7. The molecule has 1 aliphatic heterocycles. The maximum atomic E-state index is 13.9. The highest BCUT2D eigenvalue weighted by atomic mass is 79.9. The van der Waals surface area contributed by atoms with Gasteiger partial charge in [0.05, 0.1) is 11.6 Å². The Morgan fingerprint density at radius 1 is 1.07 bits per heavy atom. The van der Waals surface area contributed by atoms with Crippen molar-refractivity contribution in [3.05, 3.63) is 58.1 Å². The molecule has 3 rings (SSSR count). The number of nitrogens with zero attached hydrogens (tertiary/aromatic N) is 2. The van der Waals surface area contributed by atoms with Crippen molar-refractivity contribution in [3.63, 3.8) is 0 Å². The molecule has 0 bridgehead atoms. The number of methoxy groups -OCH3 is 1. The SMILES string of the molecule is COc1ccc(C(=O)N2CCN(S(=O)(=O)c3cc(F)ccc3F)CC2)cc1Br. The summed E-state index contributed by atoms with van der Waals surface area (Å²) in [5, 5.41) is 0. The van der Waals surface area contributed by atoms with Gasteiger partial charge in [0.25, 0.3) is 5.91 Å². The van der Waals surface area contributed by atoms with Gasteiger partial charge in [-0.3, -0.25) is 4.79 Å². The van der Waals surface area contributed by atoms with Crippen LogP contribution in [0.4, 0.5) is 8.78 Å². The number of amides is 1. The molecule has 0 atom stereocenters. The summed E-state index contributed by atoms with van der Waals surface area (Å²) in [4.78, 5) is 13.5. The van der Waals surface area contributed by atoms with Crippen molar-refractivity contribution >= 4 is 31.9 Å². The zero-order chi connectivity index (χ0) is 20.5. The van der Waals surface area contributed by atoms with Gasteiger partial charge in [-0.2, -0.15) is 4.31 Å². The molecule has 0 spiro atoms. The summed E-state index contributed by atoms with van der Waals surface area (Å²) in [7, 11) is -2.67. The number of carbonyl (C=O) groups excluding carboxylic acids is 1. The number of rotatable bonds is 4. The Morgan fingerprint density at radius 3 is 2.36 bits per heavy atom. The molecule has 0 radical (unpaired) electrons. The molecule has 1 heterocycles. The Morgan fingerprint density at radius 2 is 1.75 bits per heavy atom. The number of ether oxygens (including phenoxy) is 1. The Labute approximate surface area is 169 Å². The molecule has 6 nitrogen and oxygen atoms in total. The fourth-order valence-corrected chi connectivity index (χ4v) is 4.97. The van der Waals surface area contributed by atoms with E-state index in [0.717, 1.165) is 16.4 Å². The van der Waals surface area contributed by atoms with E-state index in [1.807, 2.05) is 0 Å². The maximum absolute atomic E-state index is 13.9. The average molecular weight is 475 g/mol. The van der Waals surface area contributed by atoms with Crippen molar-refractivity contribution < 1.29 is 26.7 Å². The molecule has 0 saturated carbocycles. The van der Waals surface area contributed by atoms with Crippen LogP contribution in [-0.4, -0.2) is 56.8 Å². The maximum Gasteiger partial charge on any atom is 0.253 e. The molecular formula is C18H17BrF2N2O4S. The lowest BCUT2D eigenvalue weighted by atomic mass is 10.2. The number of hydrogen-bond acceptors (Lipinski definition) is 4. The predicted octanol–water partition coefficient (Wildman–Crippen LogP) is 2.88. The third kappa shape index (κ3) is 4.03. The van der Waals surface area contributed by atoms with Gasteiger partial charge < -0.3 is 9.64 Å². The molecule has 1 saturated heterocycles. The van der Waals surface area contributed by atoms with E-state index in [-0.39, 0.29) is 32.1 Å². The molecule has 28 heavy (non-hydrogen) atoms. The van der Waals surface area contributed by atoms with Crippen LogP contribution in [0.5, 0.6) is 5.75 Å². The van der Waals surface area contributed by atoms with Crippen LogP contribution in [0.1, 0.15) is 10.4 Å². The molecule has 1 fully saturated rings. The molecule has 0 aliphatic carbocycles. The molecule has 150 valence electrons. The molecule has 1 aliphatic rings. The van der Waals surface area contributed by atoms with Crippen molar-refractivity contribution in [1.82, 2.24) is 9.21 Å². The van der Waals surface area contributed by atoms with Gasteiger partial charge >= 0.3 is 0 Å². The lowest BCUT2D eigenvalue weighted by molar-refractivity contribution is 0.0697. The van der Waals surface area contributed by atoms with Crippen LogP contribution >= 0.6 is 15.9 Å². The summed E-state index contributed by atoms with van der Waals surface area (Å²) in [5.74, 6) is -1.51. The van der Waals surface area contributed by atoms with Gasteiger partial charge in [-0.15, -0.1) is 0 Å². The second kappa shape index (κ2) is 8.14. The topological polar surface area (TPSA) is 66.9 Å². The third-order valence-electron chi connectivity index (χ3n) is 4.44. The molecular weight excluding hydrogens is 458 g/mol. The first-order chi connectivity index (χ1) is 13.2. The highest BCUT2D eigenvalue weighted by Gasteiger charge is 2.32. The normalized spacial score (nSPS) is 15.5. The number of benzene rings is 2. The van der Waals surface area contributed by atoms with E-state index in [4.69, 9.17) is 4.74 Å². The summed E-state index contributed by atoms with van der Waals surface area (Å²) in [5.41, 5.74) is 0.431. The first-order valence-electron chi connectivity index (χ1n) is 8.32. The Kier molecular flexibility index (Phi) is 6.01. The molecule has 2 aromatic rings. The summed E-state index contributed by atoms with van der Waals surface area (Å²) in [6, 6.07) is 7.22. The van der Waals surface area contributed by atoms with Gasteiger partial charge in [0.15, 0.2) is 0 Å². The zero-order valence-corrected chi connectivity index (χ0v) is 17.3. The van der Waals surface area contributed by atoms with Crippen LogP contribution in [0.25, 0.3) is 0 Å². The number of sulfonamides is 1. The first-order valence-corrected chi connectivity index (χ1v) is 10.6. The van der Waals surface area contributed by atoms with Crippen molar-refractivity contribution in [2.45, 2.75) is 4.90 Å². The molecule has 0 aromatic heterocycles. The molecule has 2 aromatic carbocycles. The number of piperazine rings is 1. The van der Waals surface area contributed by atoms with E-state index in [1.54, 1.807) is 18.2 Å². The fraction of sp³-hybridized carbons (Fsp3) is 0.278. The van der Waals surface area contributed by atoms with E-state index in [1.165, 1.54) is 12.0 Å². The van der Waals surface area contributed by atoms with Crippen LogP contribution in [0.2, 0.25) is 0 Å². The van der Waals surface area contributed by atoms with Gasteiger partial charge in [-0.05, 0) is 52.3 Å². The van der Waals surface area contributed by atoms with E-state index >= 15 is 0 Å². The van der Waals surface area contributed by atoms with E-state index in [9.17, 15) is 22.0 Å². The van der Waals surface area contributed by atoms with Crippen molar-refractivity contribution in [1.29, 1.82) is 0 Å².